The summed E-state index contributed by atoms with van der Waals surface area (Å²) in [5.41, 5.74) is 1.32. The van der Waals surface area contributed by atoms with Crippen LogP contribution < -0.4 is 14.8 Å². The average Bonchev–Trinajstić information content (AvgIpc) is 3.24. The molecule has 0 bridgehead atoms. The highest BCUT2D eigenvalue weighted by Crippen LogP contribution is 2.26. The fourth-order valence-corrected chi connectivity index (χ4v) is 4.53. The number of hydrogen-bond acceptors (Lipinski definition) is 6. The zero-order valence-corrected chi connectivity index (χ0v) is 21.5. The molecule has 0 fully saturated rings. The molecule has 0 aliphatic heterocycles. The summed E-state index contributed by atoms with van der Waals surface area (Å²) in [5, 5.41) is 13.4. The number of nitrogens with one attached hydrogen (secondary N) is 1. The molecule has 0 aliphatic carbocycles. The molecule has 35 heavy (non-hydrogen) atoms. The van der Waals surface area contributed by atoms with Crippen molar-refractivity contribution < 1.29 is 14.3 Å². The Hall–Kier alpha value is -2.91. The molecule has 0 radical (unpaired) electrons. The van der Waals surface area contributed by atoms with Crippen LogP contribution in [0.2, 0.25) is 15.1 Å². The van der Waals surface area contributed by atoms with Crippen LogP contribution in [0.15, 0.2) is 71.9 Å². The van der Waals surface area contributed by atoms with E-state index >= 15 is 0 Å². The van der Waals surface area contributed by atoms with Crippen LogP contribution in [0.5, 0.6) is 11.5 Å². The lowest BCUT2D eigenvalue weighted by atomic mass is 10.3. The van der Waals surface area contributed by atoms with E-state index in [4.69, 9.17) is 44.3 Å². The van der Waals surface area contributed by atoms with Gasteiger partial charge in [0.05, 0.1) is 12.9 Å². The largest absolute Gasteiger partial charge is 0.497 e. The minimum absolute atomic E-state index is 0.0937. The Morgan fingerprint density at radius 1 is 0.914 bits per heavy atom. The molecule has 3 aromatic carbocycles. The predicted molar refractivity (Wildman–Crippen MR) is 140 cm³/mol. The highest BCUT2D eigenvalue weighted by molar-refractivity contribution is 7.99. The lowest BCUT2D eigenvalue weighted by molar-refractivity contribution is -0.113. The van der Waals surface area contributed by atoms with Crippen LogP contribution in [0.25, 0.3) is 5.69 Å². The third kappa shape index (κ3) is 6.82. The van der Waals surface area contributed by atoms with Crippen molar-refractivity contribution in [1.82, 2.24) is 14.8 Å². The van der Waals surface area contributed by atoms with Crippen molar-refractivity contribution in [2.75, 3.05) is 18.2 Å². The SMILES string of the molecule is COc1ccc(-n2c(COc3ccc(Cl)cc3)nnc2SCC(=O)Nc2cc(Cl)cc(Cl)c2)cc1. The first-order chi connectivity index (χ1) is 16.9. The van der Waals surface area contributed by atoms with Crippen molar-refractivity contribution in [3.63, 3.8) is 0 Å². The van der Waals surface area contributed by atoms with Gasteiger partial charge in [-0.2, -0.15) is 0 Å². The van der Waals surface area contributed by atoms with Crippen LogP contribution in [0.4, 0.5) is 5.69 Å². The van der Waals surface area contributed by atoms with Gasteiger partial charge in [0.2, 0.25) is 5.91 Å². The van der Waals surface area contributed by atoms with Gasteiger partial charge in [0.1, 0.15) is 18.1 Å². The number of rotatable bonds is 9. The number of carbonyl (C=O) groups is 1. The molecule has 1 aromatic heterocycles. The Morgan fingerprint density at radius 3 is 2.23 bits per heavy atom. The number of methoxy groups -OCH3 is 1. The maximum Gasteiger partial charge on any atom is 0.234 e. The molecular weight excluding hydrogens is 531 g/mol. The molecule has 4 rings (SSSR count). The highest BCUT2D eigenvalue weighted by Gasteiger charge is 2.17. The van der Waals surface area contributed by atoms with Crippen LogP contribution >= 0.6 is 46.6 Å². The maximum atomic E-state index is 12.6. The Labute approximate surface area is 221 Å². The second kappa shape index (κ2) is 11.7. The summed E-state index contributed by atoms with van der Waals surface area (Å²) in [6.07, 6.45) is 0. The van der Waals surface area contributed by atoms with Crippen LogP contribution in [0, 0.1) is 0 Å². The van der Waals surface area contributed by atoms with Crippen LogP contribution in [-0.2, 0) is 11.4 Å². The van der Waals surface area contributed by atoms with Gasteiger partial charge < -0.3 is 14.8 Å². The summed E-state index contributed by atoms with van der Waals surface area (Å²) in [6.45, 7) is 0.161. The Morgan fingerprint density at radius 2 is 1.57 bits per heavy atom. The van der Waals surface area contributed by atoms with Gasteiger partial charge in [0, 0.05) is 26.4 Å². The fourth-order valence-electron chi connectivity index (χ4n) is 3.11. The van der Waals surface area contributed by atoms with Gasteiger partial charge >= 0.3 is 0 Å². The molecule has 1 amide bonds. The fraction of sp³-hybridized carbons (Fsp3) is 0.125. The summed E-state index contributed by atoms with van der Waals surface area (Å²) in [7, 11) is 1.60. The molecule has 1 heterocycles. The minimum Gasteiger partial charge on any atom is -0.497 e. The summed E-state index contributed by atoms with van der Waals surface area (Å²) in [6, 6.07) is 19.3. The molecule has 0 unspecified atom stereocenters. The van der Waals surface area contributed by atoms with Crippen molar-refractivity contribution in [1.29, 1.82) is 0 Å². The number of nitrogens with zero attached hydrogens (tertiary/aromatic N) is 3. The number of carbonyl (C=O) groups excluding carboxylic acids is 1. The summed E-state index contributed by atoms with van der Waals surface area (Å²) in [4.78, 5) is 12.6. The smallest absolute Gasteiger partial charge is 0.234 e. The Bertz CT molecular complexity index is 1290. The van der Waals surface area contributed by atoms with Crippen molar-refractivity contribution in [3.8, 4) is 17.2 Å². The van der Waals surface area contributed by atoms with Gasteiger partial charge in [-0.3, -0.25) is 9.36 Å². The van der Waals surface area contributed by atoms with Gasteiger partial charge in [-0.15, -0.1) is 10.2 Å². The van der Waals surface area contributed by atoms with Gasteiger partial charge in [-0.1, -0.05) is 46.6 Å². The normalized spacial score (nSPS) is 10.7. The van der Waals surface area contributed by atoms with E-state index in [0.717, 1.165) is 11.4 Å². The lowest BCUT2D eigenvalue weighted by Crippen LogP contribution is -2.15. The summed E-state index contributed by atoms with van der Waals surface area (Å²) >= 11 is 19.2. The average molecular weight is 550 g/mol. The number of amides is 1. The van der Waals surface area contributed by atoms with E-state index in [1.165, 1.54) is 11.8 Å². The Kier molecular flexibility index (Phi) is 8.41. The maximum absolute atomic E-state index is 12.6. The molecule has 0 aliphatic rings. The summed E-state index contributed by atoms with van der Waals surface area (Å²) in [5.74, 6) is 1.78. The first kappa shape index (κ1) is 25.2. The first-order valence-electron chi connectivity index (χ1n) is 10.3. The zero-order chi connectivity index (χ0) is 24.8. The van der Waals surface area contributed by atoms with E-state index < -0.39 is 0 Å². The number of hydrogen-bond donors (Lipinski definition) is 1. The molecule has 0 saturated carbocycles. The third-order valence-corrected chi connectivity index (χ3v) is 6.31. The van der Waals surface area contributed by atoms with E-state index in [0.29, 0.717) is 37.5 Å². The van der Waals surface area contributed by atoms with Gasteiger partial charge in [-0.05, 0) is 66.7 Å². The van der Waals surface area contributed by atoms with Gasteiger partial charge in [0.25, 0.3) is 0 Å². The number of benzene rings is 3. The number of halogens is 3. The van der Waals surface area contributed by atoms with Crippen molar-refractivity contribution in [3.05, 3.63) is 87.6 Å². The standard InChI is InChI=1S/C24H19Cl3N4O3S/c1-33-20-8-4-19(5-9-20)31-22(13-34-21-6-2-15(25)3-7-21)29-30-24(31)35-14-23(32)28-18-11-16(26)10-17(27)12-18/h2-12H,13-14H2,1H3,(H,28,32). The zero-order valence-electron chi connectivity index (χ0n) is 18.4. The predicted octanol–water partition coefficient (Wildman–Crippen LogP) is 6.55. The number of anilines is 1. The molecule has 7 nitrogen and oxygen atoms in total. The van der Waals surface area contributed by atoms with Crippen LogP contribution in [0.1, 0.15) is 5.82 Å². The quantitative estimate of drug-likeness (QED) is 0.239. The molecule has 11 heteroatoms. The van der Waals surface area contributed by atoms with E-state index in [-0.39, 0.29) is 18.3 Å². The topological polar surface area (TPSA) is 78.3 Å². The molecule has 180 valence electrons. The number of ether oxygens (including phenoxy) is 2. The lowest BCUT2D eigenvalue weighted by Gasteiger charge is -2.12. The molecule has 0 atom stereocenters. The van der Waals surface area contributed by atoms with E-state index in [9.17, 15) is 4.79 Å². The second-order valence-electron chi connectivity index (χ2n) is 7.17. The van der Waals surface area contributed by atoms with Crippen molar-refractivity contribution in [2.24, 2.45) is 0 Å². The summed E-state index contributed by atoms with van der Waals surface area (Å²) < 4.78 is 13.0. The molecule has 4 aromatic rings. The third-order valence-electron chi connectivity index (χ3n) is 4.69. The highest BCUT2D eigenvalue weighted by atomic mass is 35.5. The molecule has 0 saturated heterocycles. The Balaban J connectivity index is 1.52. The van der Waals surface area contributed by atoms with E-state index in [2.05, 4.69) is 15.5 Å². The number of thioether (sulfide) groups is 1. The minimum atomic E-state index is -0.239. The van der Waals surface area contributed by atoms with Gasteiger partial charge in [-0.25, -0.2) is 0 Å². The van der Waals surface area contributed by atoms with Gasteiger partial charge in [0.15, 0.2) is 11.0 Å². The van der Waals surface area contributed by atoms with Crippen molar-refractivity contribution >= 4 is 58.2 Å². The van der Waals surface area contributed by atoms with E-state index in [1.54, 1.807) is 49.6 Å². The number of aromatic nitrogens is 3. The van der Waals surface area contributed by atoms with Crippen LogP contribution in [-0.4, -0.2) is 33.5 Å². The van der Waals surface area contributed by atoms with Crippen LogP contribution in [0.3, 0.4) is 0 Å². The second-order valence-corrected chi connectivity index (χ2v) is 9.42. The monoisotopic (exact) mass is 548 g/mol. The molecule has 1 N–H and O–H groups in total. The molecular formula is C24H19Cl3N4O3S. The van der Waals surface area contributed by atoms with E-state index in [1.807, 2.05) is 28.8 Å². The van der Waals surface area contributed by atoms with Crippen molar-refractivity contribution in [2.45, 2.75) is 11.8 Å². The first-order valence-corrected chi connectivity index (χ1v) is 12.4. The molecule has 0 spiro atoms.